The van der Waals surface area contributed by atoms with Crippen molar-refractivity contribution >= 4 is 16.9 Å². The van der Waals surface area contributed by atoms with Crippen LogP contribution in [0.4, 0.5) is 4.39 Å². The molecule has 0 atom stereocenters. The number of fused-ring (bicyclic) bond motifs is 1. The van der Waals surface area contributed by atoms with Crippen molar-refractivity contribution in [3.63, 3.8) is 0 Å². The fourth-order valence-electron chi connectivity index (χ4n) is 1.60. The molecule has 0 aliphatic carbocycles. The highest BCUT2D eigenvalue weighted by Gasteiger charge is 2.20. The van der Waals surface area contributed by atoms with E-state index in [1.54, 1.807) is 26.0 Å². The molecule has 1 aromatic carbocycles. The van der Waals surface area contributed by atoms with Gasteiger partial charge in [-0.1, -0.05) is 12.1 Å². The van der Waals surface area contributed by atoms with E-state index in [1.807, 2.05) is 0 Å². The summed E-state index contributed by atoms with van der Waals surface area (Å²) in [5.74, 6) is -0.964. The molecule has 2 rings (SSSR count). The zero-order chi connectivity index (χ0) is 11.7. The van der Waals surface area contributed by atoms with E-state index in [0.717, 1.165) is 0 Å². The van der Waals surface area contributed by atoms with Crippen LogP contribution < -0.4 is 0 Å². The lowest BCUT2D eigenvalue weighted by Crippen LogP contribution is -2.04. The van der Waals surface area contributed by atoms with E-state index in [4.69, 9.17) is 9.15 Å². The number of para-hydroxylation sites is 1. The standard InChI is InChI=1S/C12H11FO3/c1-3-15-12(14)10-7(2)8-5-4-6-9(13)11(8)16-10/h4-6H,3H2,1-2H3. The van der Waals surface area contributed by atoms with Gasteiger partial charge in [-0.05, 0) is 19.9 Å². The lowest BCUT2D eigenvalue weighted by atomic mass is 10.1. The third kappa shape index (κ3) is 1.56. The number of benzene rings is 1. The predicted molar refractivity (Wildman–Crippen MR) is 56.9 cm³/mol. The van der Waals surface area contributed by atoms with Gasteiger partial charge in [0.15, 0.2) is 11.4 Å². The molecule has 0 radical (unpaired) electrons. The number of esters is 1. The third-order valence-electron chi connectivity index (χ3n) is 2.38. The molecule has 1 heterocycles. The first-order chi connectivity index (χ1) is 7.65. The number of carbonyl (C=O) groups excluding carboxylic acids is 1. The quantitative estimate of drug-likeness (QED) is 0.733. The minimum absolute atomic E-state index is 0.0713. The summed E-state index contributed by atoms with van der Waals surface area (Å²) in [6.07, 6.45) is 0. The SMILES string of the molecule is CCOC(=O)c1oc2c(F)cccc2c1C. The summed E-state index contributed by atoms with van der Waals surface area (Å²) in [5, 5.41) is 0.600. The van der Waals surface area contributed by atoms with Crippen molar-refractivity contribution in [3.8, 4) is 0 Å². The summed E-state index contributed by atoms with van der Waals surface area (Å²) in [6, 6.07) is 4.58. The fourth-order valence-corrected chi connectivity index (χ4v) is 1.60. The normalized spacial score (nSPS) is 10.7. The molecule has 0 bridgehead atoms. The second kappa shape index (κ2) is 3.96. The van der Waals surface area contributed by atoms with E-state index in [2.05, 4.69) is 0 Å². The summed E-state index contributed by atoms with van der Waals surface area (Å²) < 4.78 is 23.4. The van der Waals surface area contributed by atoms with E-state index >= 15 is 0 Å². The van der Waals surface area contributed by atoms with E-state index in [9.17, 15) is 9.18 Å². The molecular formula is C12H11FO3. The summed E-state index contributed by atoms with van der Waals surface area (Å²) in [7, 11) is 0. The van der Waals surface area contributed by atoms with Crippen LogP contribution in [-0.2, 0) is 4.74 Å². The average Bonchev–Trinajstić information content (AvgIpc) is 2.59. The predicted octanol–water partition coefficient (Wildman–Crippen LogP) is 3.06. The maximum Gasteiger partial charge on any atom is 0.374 e. The van der Waals surface area contributed by atoms with Gasteiger partial charge in [-0.3, -0.25) is 0 Å². The Morgan fingerprint density at radius 3 is 2.88 bits per heavy atom. The van der Waals surface area contributed by atoms with Crippen molar-refractivity contribution in [2.24, 2.45) is 0 Å². The van der Waals surface area contributed by atoms with Crippen molar-refractivity contribution < 1.29 is 18.3 Å². The van der Waals surface area contributed by atoms with Crippen molar-refractivity contribution in [3.05, 3.63) is 35.3 Å². The number of ether oxygens (including phenoxy) is 1. The molecule has 0 saturated heterocycles. The Bertz CT molecular complexity index is 542. The molecule has 0 spiro atoms. The highest BCUT2D eigenvalue weighted by molar-refractivity contribution is 5.95. The fraction of sp³-hybridized carbons (Fsp3) is 0.250. The molecule has 4 heteroatoms. The van der Waals surface area contributed by atoms with Crippen molar-refractivity contribution in [2.75, 3.05) is 6.61 Å². The van der Waals surface area contributed by atoms with Gasteiger partial charge in [0, 0.05) is 10.9 Å². The maximum atomic E-state index is 13.4. The van der Waals surface area contributed by atoms with Gasteiger partial charge in [0.05, 0.1) is 6.61 Å². The Labute approximate surface area is 91.8 Å². The summed E-state index contributed by atoms with van der Waals surface area (Å²) in [5.41, 5.74) is 0.705. The molecule has 0 fully saturated rings. The Hall–Kier alpha value is -1.84. The molecule has 0 saturated carbocycles. The Balaban J connectivity index is 2.60. The van der Waals surface area contributed by atoms with Crippen molar-refractivity contribution in [1.82, 2.24) is 0 Å². The minimum Gasteiger partial charge on any atom is -0.460 e. The topological polar surface area (TPSA) is 39.4 Å². The van der Waals surface area contributed by atoms with E-state index in [-0.39, 0.29) is 18.0 Å². The van der Waals surface area contributed by atoms with Crippen LogP contribution in [0.3, 0.4) is 0 Å². The molecule has 1 aromatic heterocycles. The van der Waals surface area contributed by atoms with Crippen LogP contribution in [0, 0.1) is 12.7 Å². The second-order valence-electron chi connectivity index (χ2n) is 3.39. The summed E-state index contributed by atoms with van der Waals surface area (Å²) >= 11 is 0. The number of rotatable bonds is 2. The minimum atomic E-state index is -0.560. The van der Waals surface area contributed by atoms with Gasteiger partial charge in [0.1, 0.15) is 0 Å². The van der Waals surface area contributed by atoms with Crippen LogP contribution >= 0.6 is 0 Å². The Kier molecular flexibility index (Phi) is 2.64. The Morgan fingerprint density at radius 2 is 2.25 bits per heavy atom. The molecule has 0 amide bonds. The van der Waals surface area contributed by atoms with Crippen LogP contribution in [0.5, 0.6) is 0 Å². The molecule has 16 heavy (non-hydrogen) atoms. The number of hydrogen-bond donors (Lipinski definition) is 0. The molecule has 0 N–H and O–H groups in total. The van der Waals surface area contributed by atoms with Gasteiger partial charge in [-0.15, -0.1) is 0 Å². The average molecular weight is 222 g/mol. The molecule has 84 valence electrons. The number of aryl methyl sites for hydroxylation is 1. The first kappa shape index (κ1) is 10.7. The van der Waals surface area contributed by atoms with Crippen LogP contribution in [0.2, 0.25) is 0 Å². The summed E-state index contributed by atoms with van der Waals surface area (Å²) in [4.78, 5) is 11.5. The van der Waals surface area contributed by atoms with Crippen LogP contribution in [-0.4, -0.2) is 12.6 Å². The van der Waals surface area contributed by atoms with E-state index in [1.165, 1.54) is 6.07 Å². The molecule has 0 aliphatic heterocycles. The van der Waals surface area contributed by atoms with E-state index < -0.39 is 11.8 Å². The van der Waals surface area contributed by atoms with Gasteiger partial charge in [-0.25, -0.2) is 9.18 Å². The first-order valence-corrected chi connectivity index (χ1v) is 5.00. The third-order valence-corrected chi connectivity index (χ3v) is 2.38. The maximum absolute atomic E-state index is 13.4. The monoisotopic (exact) mass is 222 g/mol. The van der Waals surface area contributed by atoms with Crippen molar-refractivity contribution in [2.45, 2.75) is 13.8 Å². The van der Waals surface area contributed by atoms with Gasteiger partial charge in [-0.2, -0.15) is 0 Å². The number of halogens is 1. The molecule has 2 aromatic rings. The van der Waals surface area contributed by atoms with Crippen LogP contribution in [0.15, 0.2) is 22.6 Å². The van der Waals surface area contributed by atoms with E-state index in [0.29, 0.717) is 10.9 Å². The molecular weight excluding hydrogens is 211 g/mol. The van der Waals surface area contributed by atoms with Crippen LogP contribution in [0.25, 0.3) is 11.0 Å². The second-order valence-corrected chi connectivity index (χ2v) is 3.39. The number of carbonyl (C=O) groups is 1. The van der Waals surface area contributed by atoms with Crippen molar-refractivity contribution in [1.29, 1.82) is 0 Å². The zero-order valence-electron chi connectivity index (χ0n) is 9.04. The largest absolute Gasteiger partial charge is 0.460 e. The summed E-state index contributed by atoms with van der Waals surface area (Å²) in [6.45, 7) is 3.67. The van der Waals surface area contributed by atoms with Gasteiger partial charge < -0.3 is 9.15 Å². The molecule has 3 nitrogen and oxygen atoms in total. The highest BCUT2D eigenvalue weighted by atomic mass is 19.1. The zero-order valence-corrected chi connectivity index (χ0v) is 9.04. The Morgan fingerprint density at radius 1 is 1.50 bits per heavy atom. The number of furan rings is 1. The smallest absolute Gasteiger partial charge is 0.374 e. The lowest BCUT2D eigenvalue weighted by Gasteiger charge is -1.97. The molecule has 0 unspecified atom stereocenters. The number of hydrogen-bond acceptors (Lipinski definition) is 3. The molecule has 0 aliphatic rings. The van der Waals surface area contributed by atoms with Crippen LogP contribution in [0.1, 0.15) is 23.0 Å². The van der Waals surface area contributed by atoms with Gasteiger partial charge >= 0.3 is 5.97 Å². The van der Waals surface area contributed by atoms with Gasteiger partial charge in [0.2, 0.25) is 5.76 Å². The lowest BCUT2D eigenvalue weighted by molar-refractivity contribution is 0.0491. The van der Waals surface area contributed by atoms with Gasteiger partial charge in [0.25, 0.3) is 0 Å². The first-order valence-electron chi connectivity index (χ1n) is 5.00. The highest BCUT2D eigenvalue weighted by Crippen LogP contribution is 2.27.